The fourth-order valence-electron chi connectivity index (χ4n) is 2.24. The van der Waals surface area contributed by atoms with Gasteiger partial charge in [-0.1, -0.05) is 42.5 Å². The van der Waals surface area contributed by atoms with Crippen LogP contribution in [0.25, 0.3) is 0 Å². The second-order valence-corrected chi connectivity index (χ2v) is 4.63. The molecule has 0 saturated heterocycles. The number of hydrogen-bond donors (Lipinski definition) is 3. The SMILES string of the molecule is O=C(O)C1=CC(C(=O)O)(C(=O)O)C=CC1c1ccccc1. The molecule has 1 unspecified atom stereocenters. The normalized spacial score (nSPS) is 19.6. The van der Waals surface area contributed by atoms with Crippen LogP contribution in [-0.4, -0.2) is 33.2 Å². The molecule has 3 N–H and O–H groups in total. The lowest BCUT2D eigenvalue weighted by Gasteiger charge is -2.26. The van der Waals surface area contributed by atoms with Crippen LogP contribution in [0.5, 0.6) is 0 Å². The minimum Gasteiger partial charge on any atom is -0.480 e. The molecule has 0 aromatic heterocycles. The Morgan fingerprint density at radius 2 is 1.52 bits per heavy atom. The van der Waals surface area contributed by atoms with Crippen molar-refractivity contribution in [2.75, 3.05) is 0 Å². The lowest BCUT2D eigenvalue weighted by atomic mass is 9.75. The smallest absolute Gasteiger partial charge is 0.332 e. The summed E-state index contributed by atoms with van der Waals surface area (Å²) in [6, 6.07) is 8.59. The summed E-state index contributed by atoms with van der Waals surface area (Å²) in [5.74, 6) is -5.29. The van der Waals surface area contributed by atoms with Gasteiger partial charge in [0.2, 0.25) is 5.41 Å². The van der Waals surface area contributed by atoms with E-state index < -0.39 is 29.2 Å². The van der Waals surface area contributed by atoms with Crippen LogP contribution in [0.2, 0.25) is 0 Å². The number of carboxylic acid groups (broad SMARTS) is 3. The van der Waals surface area contributed by atoms with E-state index in [-0.39, 0.29) is 5.57 Å². The van der Waals surface area contributed by atoms with Crippen LogP contribution in [0.3, 0.4) is 0 Å². The van der Waals surface area contributed by atoms with E-state index in [1.54, 1.807) is 30.3 Å². The zero-order valence-corrected chi connectivity index (χ0v) is 10.8. The number of benzene rings is 1. The van der Waals surface area contributed by atoms with Gasteiger partial charge in [0.15, 0.2) is 0 Å². The first-order valence-corrected chi connectivity index (χ1v) is 6.05. The Morgan fingerprint density at radius 3 is 2.00 bits per heavy atom. The third kappa shape index (κ3) is 2.43. The molecule has 1 aromatic carbocycles. The molecule has 0 radical (unpaired) electrons. The number of carboxylic acids is 3. The van der Waals surface area contributed by atoms with E-state index in [1.165, 1.54) is 6.08 Å². The lowest BCUT2D eigenvalue weighted by Crippen LogP contribution is -2.38. The quantitative estimate of drug-likeness (QED) is 0.572. The van der Waals surface area contributed by atoms with Crippen LogP contribution in [0.4, 0.5) is 0 Å². The molecule has 108 valence electrons. The maximum absolute atomic E-state index is 11.4. The van der Waals surface area contributed by atoms with Crippen LogP contribution in [0.15, 0.2) is 54.1 Å². The Kier molecular flexibility index (Phi) is 3.62. The Bertz CT molecular complexity index is 642. The summed E-state index contributed by atoms with van der Waals surface area (Å²) in [5, 5.41) is 27.6. The molecule has 1 aliphatic rings. The van der Waals surface area contributed by atoms with Crippen molar-refractivity contribution in [1.82, 2.24) is 0 Å². The zero-order chi connectivity index (χ0) is 15.6. The molecule has 0 fully saturated rings. The first-order valence-electron chi connectivity index (χ1n) is 6.05. The summed E-state index contributed by atoms with van der Waals surface area (Å²) < 4.78 is 0. The number of allylic oxidation sites excluding steroid dienone is 1. The van der Waals surface area contributed by atoms with Crippen molar-refractivity contribution >= 4 is 17.9 Å². The summed E-state index contributed by atoms with van der Waals surface area (Å²) in [4.78, 5) is 33.9. The third-order valence-corrected chi connectivity index (χ3v) is 3.38. The summed E-state index contributed by atoms with van der Waals surface area (Å²) in [7, 11) is 0. The maximum atomic E-state index is 11.4. The highest BCUT2D eigenvalue weighted by Gasteiger charge is 2.46. The van der Waals surface area contributed by atoms with Gasteiger partial charge in [0.1, 0.15) is 0 Å². The highest BCUT2D eigenvalue weighted by atomic mass is 16.4. The molecule has 1 aromatic rings. The van der Waals surface area contributed by atoms with E-state index in [2.05, 4.69) is 0 Å². The van der Waals surface area contributed by atoms with Gasteiger partial charge in [0.05, 0.1) is 0 Å². The number of aliphatic carboxylic acids is 3. The van der Waals surface area contributed by atoms with Crippen molar-refractivity contribution in [2.24, 2.45) is 5.41 Å². The molecule has 2 rings (SSSR count). The van der Waals surface area contributed by atoms with Crippen LogP contribution >= 0.6 is 0 Å². The van der Waals surface area contributed by atoms with Crippen molar-refractivity contribution in [2.45, 2.75) is 5.92 Å². The lowest BCUT2D eigenvalue weighted by molar-refractivity contribution is -0.157. The Labute approximate surface area is 119 Å². The van der Waals surface area contributed by atoms with E-state index in [9.17, 15) is 19.5 Å². The van der Waals surface area contributed by atoms with Crippen molar-refractivity contribution < 1.29 is 29.7 Å². The molecule has 0 spiro atoms. The average Bonchev–Trinajstić information content (AvgIpc) is 2.47. The molecule has 21 heavy (non-hydrogen) atoms. The monoisotopic (exact) mass is 288 g/mol. The zero-order valence-electron chi connectivity index (χ0n) is 10.8. The Morgan fingerprint density at radius 1 is 0.952 bits per heavy atom. The van der Waals surface area contributed by atoms with Gasteiger partial charge < -0.3 is 15.3 Å². The van der Waals surface area contributed by atoms with Crippen molar-refractivity contribution in [1.29, 1.82) is 0 Å². The van der Waals surface area contributed by atoms with Crippen molar-refractivity contribution in [3.63, 3.8) is 0 Å². The molecule has 0 bridgehead atoms. The van der Waals surface area contributed by atoms with Crippen molar-refractivity contribution in [3.8, 4) is 0 Å². The van der Waals surface area contributed by atoms with Crippen LogP contribution in [0, 0.1) is 5.41 Å². The van der Waals surface area contributed by atoms with Gasteiger partial charge in [-0.2, -0.15) is 0 Å². The van der Waals surface area contributed by atoms with Gasteiger partial charge in [-0.05, 0) is 11.6 Å². The number of carbonyl (C=O) groups is 3. The molecule has 1 aliphatic carbocycles. The maximum Gasteiger partial charge on any atom is 0.332 e. The summed E-state index contributed by atoms with van der Waals surface area (Å²) in [6.07, 6.45) is 3.11. The molecule has 0 saturated carbocycles. The van der Waals surface area contributed by atoms with Crippen LogP contribution in [0.1, 0.15) is 11.5 Å². The average molecular weight is 288 g/mol. The molecular formula is C15H12O6. The molecule has 1 atom stereocenters. The van der Waals surface area contributed by atoms with Gasteiger partial charge >= 0.3 is 17.9 Å². The Balaban J connectivity index is 2.57. The molecular weight excluding hydrogens is 276 g/mol. The van der Waals surface area contributed by atoms with Gasteiger partial charge in [0.25, 0.3) is 0 Å². The highest BCUT2D eigenvalue weighted by molar-refractivity contribution is 6.05. The highest BCUT2D eigenvalue weighted by Crippen LogP contribution is 2.37. The van der Waals surface area contributed by atoms with Gasteiger partial charge in [0, 0.05) is 11.5 Å². The standard InChI is InChI=1S/C15H12O6/c16-12(17)11-8-15(13(18)19,14(20)21)7-6-10(11)9-4-2-1-3-5-9/h1-8,10H,(H,16,17)(H,18,19)(H,20,21). The Hall–Kier alpha value is -2.89. The fourth-order valence-corrected chi connectivity index (χ4v) is 2.24. The number of hydrogen-bond acceptors (Lipinski definition) is 3. The van der Waals surface area contributed by atoms with E-state index in [0.29, 0.717) is 5.56 Å². The second-order valence-electron chi connectivity index (χ2n) is 4.63. The summed E-state index contributed by atoms with van der Waals surface area (Å²) in [6.45, 7) is 0. The number of rotatable bonds is 4. The van der Waals surface area contributed by atoms with E-state index in [4.69, 9.17) is 10.2 Å². The molecule has 0 amide bonds. The first kappa shape index (κ1) is 14.5. The minimum atomic E-state index is -2.35. The van der Waals surface area contributed by atoms with Crippen LogP contribution < -0.4 is 0 Å². The summed E-state index contributed by atoms with van der Waals surface area (Å²) in [5.41, 5.74) is -1.97. The largest absolute Gasteiger partial charge is 0.480 e. The van der Waals surface area contributed by atoms with Gasteiger partial charge in [-0.25, -0.2) is 4.79 Å². The third-order valence-electron chi connectivity index (χ3n) is 3.38. The van der Waals surface area contributed by atoms with Crippen molar-refractivity contribution in [3.05, 3.63) is 59.7 Å². The van der Waals surface area contributed by atoms with Gasteiger partial charge in [-0.15, -0.1) is 0 Å². The molecule has 6 nitrogen and oxygen atoms in total. The summed E-state index contributed by atoms with van der Waals surface area (Å²) >= 11 is 0. The molecule has 0 aliphatic heterocycles. The predicted octanol–water partition coefficient (Wildman–Crippen LogP) is 1.51. The molecule has 0 heterocycles. The predicted molar refractivity (Wildman–Crippen MR) is 71.7 cm³/mol. The minimum absolute atomic E-state index is 0.270. The van der Waals surface area contributed by atoms with Gasteiger partial charge in [-0.3, -0.25) is 9.59 Å². The first-order chi connectivity index (χ1) is 9.88. The van der Waals surface area contributed by atoms with E-state index >= 15 is 0 Å². The molecule has 6 heteroatoms. The van der Waals surface area contributed by atoms with Crippen LogP contribution in [-0.2, 0) is 14.4 Å². The topological polar surface area (TPSA) is 112 Å². The van der Waals surface area contributed by atoms with E-state index in [0.717, 1.165) is 12.2 Å². The second kappa shape index (κ2) is 5.24. The van der Waals surface area contributed by atoms with E-state index in [1.807, 2.05) is 0 Å². The fraction of sp³-hybridized carbons (Fsp3) is 0.133.